The van der Waals surface area contributed by atoms with Crippen LogP contribution < -0.4 is 10.6 Å². The van der Waals surface area contributed by atoms with Crippen LogP contribution >= 0.6 is 0 Å². The quantitative estimate of drug-likeness (QED) is 0.451. The fraction of sp³-hybridized carbons (Fsp3) is 0.417. The van der Waals surface area contributed by atoms with Crippen LogP contribution in [0.15, 0.2) is 12.1 Å². The van der Waals surface area contributed by atoms with Crippen molar-refractivity contribution in [2.75, 3.05) is 25.6 Å². The van der Waals surface area contributed by atoms with Crippen molar-refractivity contribution in [3.05, 3.63) is 33.9 Å². The van der Waals surface area contributed by atoms with Gasteiger partial charge in [0.25, 0.3) is 5.69 Å². The number of rotatable bonds is 7. The van der Waals surface area contributed by atoms with E-state index in [1.807, 2.05) is 0 Å². The molecule has 0 fully saturated rings. The maximum atomic E-state index is 13.7. The van der Waals surface area contributed by atoms with E-state index in [0.29, 0.717) is 6.07 Å². The Labute approximate surface area is 119 Å². The van der Waals surface area contributed by atoms with Gasteiger partial charge in [0, 0.05) is 19.7 Å². The van der Waals surface area contributed by atoms with Crippen molar-refractivity contribution in [3.8, 4) is 0 Å². The van der Waals surface area contributed by atoms with Crippen molar-refractivity contribution in [3.63, 3.8) is 0 Å². The Morgan fingerprint density at radius 2 is 2.14 bits per heavy atom. The molecule has 1 atom stereocenters. The van der Waals surface area contributed by atoms with Gasteiger partial charge in [-0.15, -0.1) is 0 Å². The molecule has 0 bridgehead atoms. The lowest BCUT2D eigenvalue weighted by molar-refractivity contribution is -0.384. The normalized spacial score (nSPS) is 11.8. The Hall–Kier alpha value is -2.29. The lowest BCUT2D eigenvalue weighted by Gasteiger charge is -2.15. The average Bonchev–Trinajstić information content (AvgIpc) is 2.43. The summed E-state index contributed by atoms with van der Waals surface area (Å²) in [6.45, 7) is 1.89. The summed E-state index contributed by atoms with van der Waals surface area (Å²) in [5.41, 5.74) is -1.31. The summed E-state index contributed by atoms with van der Waals surface area (Å²) in [4.78, 5) is 21.6. The van der Waals surface area contributed by atoms with E-state index in [9.17, 15) is 23.7 Å². The lowest BCUT2D eigenvalue weighted by Crippen LogP contribution is -2.39. The number of carbonyl (C=O) groups is 1. The zero-order valence-electron chi connectivity index (χ0n) is 11.5. The molecule has 0 saturated carbocycles. The van der Waals surface area contributed by atoms with E-state index in [2.05, 4.69) is 10.6 Å². The molecule has 0 aliphatic rings. The minimum Gasteiger partial charge on any atom is -0.383 e. The Morgan fingerprint density at radius 3 is 2.71 bits per heavy atom. The second-order valence-corrected chi connectivity index (χ2v) is 4.16. The minimum atomic E-state index is -1.40. The number of anilines is 1. The second-order valence-electron chi connectivity index (χ2n) is 4.16. The molecule has 0 aromatic heterocycles. The maximum Gasteiger partial charge on any atom is 0.295 e. The number of benzene rings is 1. The van der Waals surface area contributed by atoms with Crippen molar-refractivity contribution < 1.29 is 23.2 Å². The van der Waals surface area contributed by atoms with E-state index in [4.69, 9.17) is 4.74 Å². The van der Waals surface area contributed by atoms with Crippen LogP contribution in [-0.4, -0.2) is 37.1 Å². The molecule has 0 heterocycles. The largest absolute Gasteiger partial charge is 0.383 e. The van der Waals surface area contributed by atoms with Crippen LogP contribution in [0.3, 0.4) is 0 Å². The third-order valence-corrected chi connectivity index (χ3v) is 2.63. The number of hydrogen-bond acceptors (Lipinski definition) is 5. The standard InChI is InChI=1S/C12H15F2N3O4/c1-7(12(18)15-5-6-21-2)16-11-9(17(19)20)4-3-8(13)10(11)14/h3-4,7,16H,5-6H2,1-2H3,(H,15,18). The van der Waals surface area contributed by atoms with E-state index < -0.39 is 39.9 Å². The predicted octanol–water partition coefficient (Wildman–Crippen LogP) is 1.44. The van der Waals surface area contributed by atoms with E-state index >= 15 is 0 Å². The Kier molecular flexibility index (Phi) is 5.97. The highest BCUT2D eigenvalue weighted by atomic mass is 19.2. The van der Waals surface area contributed by atoms with E-state index in [-0.39, 0.29) is 13.2 Å². The van der Waals surface area contributed by atoms with Crippen LogP contribution in [0.2, 0.25) is 0 Å². The first kappa shape index (κ1) is 16.8. The Morgan fingerprint density at radius 1 is 1.48 bits per heavy atom. The first-order valence-corrected chi connectivity index (χ1v) is 6.04. The van der Waals surface area contributed by atoms with Gasteiger partial charge in [0.05, 0.1) is 11.5 Å². The first-order valence-electron chi connectivity index (χ1n) is 6.04. The Bertz CT molecular complexity index is 539. The molecule has 9 heteroatoms. The zero-order chi connectivity index (χ0) is 16.0. The minimum absolute atomic E-state index is 0.231. The van der Waals surface area contributed by atoms with Crippen LogP contribution in [0, 0.1) is 21.7 Å². The number of methoxy groups -OCH3 is 1. The number of carbonyl (C=O) groups excluding carboxylic acids is 1. The molecule has 0 saturated heterocycles. The Balaban J connectivity index is 2.88. The molecule has 1 amide bonds. The first-order chi connectivity index (χ1) is 9.88. The molecule has 0 aliphatic heterocycles. The average molecular weight is 303 g/mol. The molecule has 0 radical (unpaired) electrons. The SMILES string of the molecule is COCCNC(=O)C(C)Nc1c([N+](=O)[O-])ccc(F)c1F. The summed E-state index contributed by atoms with van der Waals surface area (Å²) < 4.78 is 31.6. The van der Waals surface area contributed by atoms with Crippen LogP contribution in [0.4, 0.5) is 20.2 Å². The van der Waals surface area contributed by atoms with Gasteiger partial charge in [-0.05, 0) is 13.0 Å². The summed E-state index contributed by atoms with van der Waals surface area (Å²) in [6, 6.07) is 0.495. The van der Waals surface area contributed by atoms with Gasteiger partial charge in [-0.1, -0.05) is 0 Å². The monoisotopic (exact) mass is 303 g/mol. The van der Waals surface area contributed by atoms with Crippen LogP contribution in [0.5, 0.6) is 0 Å². The molecule has 116 valence electrons. The number of amides is 1. The number of nitrogens with one attached hydrogen (secondary N) is 2. The van der Waals surface area contributed by atoms with Gasteiger partial charge in [-0.25, -0.2) is 8.78 Å². The van der Waals surface area contributed by atoms with Crippen LogP contribution in [0.25, 0.3) is 0 Å². The molecular weight excluding hydrogens is 288 g/mol. The zero-order valence-corrected chi connectivity index (χ0v) is 11.5. The molecule has 1 rings (SSSR count). The van der Waals surface area contributed by atoms with E-state index in [0.717, 1.165) is 6.07 Å². The topological polar surface area (TPSA) is 93.5 Å². The van der Waals surface area contributed by atoms with Crippen molar-refractivity contribution >= 4 is 17.3 Å². The smallest absolute Gasteiger partial charge is 0.295 e. The predicted molar refractivity (Wildman–Crippen MR) is 71.0 cm³/mol. The van der Waals surface area contributed by atoms with E-state index in [1.54, 1.807) is 0 Å². The molecule has 1 unspecified atom stereocenters. The van der Waals surface area contributed by atoms with Crippen LogP contribution in [-0.2, 0) is 9.53 Å². The third kappa shape index (κ3) is 4.35. The molecule has 0 spiro atoms. The fourth-order valence-corrected chi connectivity index (χ4v) is 1.54. The summed E-state index contributed by atoms with van der Waals surface area (Å²) in [7, 11) is 1.46. The van der Waals surface area contributed by atoms with Crippen molar-refractivity contribution in [2.45, 2.75) is 13.0 Å². The summed E-state index contributed by atoms with van der Waals surface area (Å²) in [5, 5.41) is 15.6. The van der Waals surface area contributed by atoms with Gasteiger partial charge >= 0.3 is 0 Å². The second kappa shape index (κ2) is 7.48. The fourth-order valence-electron chi connectivity index (χ4n) is 1.54. The van der Waals surface area contributed by atoms with Crippen molar-refractivity contribution in [1.29, 1.82) is 0 Å². The number of nitro groups is 1. The van der Waals surface area contributed by atoms with Gasteiger partial charge in [-0.2, -0.15) is 0 Å². The highest BCUT2D eigenvalue weighted by molar-refractivity contribution is 5.85. The van der Waals surface area contributed by atoms with Gasteiger partial charge in [0.15, 0.2) is 17.3 Å². The number of halogens is 2. The van der Waals surface area contributed by atoms with E-state index in [1.165, 1.54) is 14.0 Å². The molecule has 1 aromatic rings. The number of nitro benzene ring substituents is 1. The molecular formula is C12H15F2N3O4. The molecule has 21 heavy (non-hydrogen) atoms. The highest BCUT2D eigenvalue weighted by Crippen LogP contribution is 2.29. The van der Waals surface area contributed by atoms with Gasteiger partial charge in [-0.3, -0.25) is 14.9 Å². The summed E-state index contributed by atoms with van der Waals surface area (Å²) >= 11 is 0. The van der Waals surface area contributed by atoms with Crippen molar-refractivity contribution in [2.24, 2.45) is 0 Å². The summed E-state index contributed by atoms with van der Waals surface area (Å²) in [5.74, 6) is -3.17. The molecule has 0 aliphatic carbocycles. The van der Waals surface area contributed by atoms with Crippen LogP contribution in [0.1, 0.15) is 6.92 Å². The highest BCUT2D eigenvalue weighted by Gasteiger charge is 2.24. The summed E-state index contributed by atoms with van der Waals surface area (Å²) in [6.07, 6.45) is 0. The van der Waals surface area contributed by atoms with Crippen molar-refractivity contribution in [1.82, 2.24) is 5.32 Å². The lowest BCUT2D eigenvalue weighted by atomic mass is 10.2. The number of ether oxygens (including phenoxy) is 1. The van der Waals surface area contributed by atoms with Gasteiger partial charge in [0.1, 0.15) is 6.04 Å². The molecule has 7 nitrogen and oxygen atoms in total. The molecule has 1 aromatic carbocycles. The number of hydrogen-bond donors (Lipinski definition) is 2. The van der Waals surface area contributed by atoms with Gasteiger partial charge < -0.3 is 15.4 Å². The number of nitrogens with zero attached hydrogens (tertiary/aromatic N) is 1. The third-order valence-electron chi connectivity index (χ3n) is 2.63. The maximum absolute atomic E-state index is 13.7. The van der Waals surface area contributed by atoms with Gasteiger partial charge in [0.2, 0.25) is 5.91 Å². The molecule has 2 N–H and O–H groups in total.